The molecule has 0 fully saturated rings. The van der Waals surface area contributed by atoms with Crippen molar-refractivity contribution in [3.05, 3.63) is 48.0 Å². The van der Waals surface area contributed by atoms with Crippen molar-refractivity contribution in [2.75, 3.05) is 13.6 Å². The van der Waals surface area contributed by atoms with Crippen molar-refractivity contribution < 1.29 is 9.53 Å². The number of rotatable bonds is 10. The summed E-state index contributed by atoms with van der Waals surface area (Å²) in [5.41, 5.74) is 1.78. The molecule has 1 amide bonds. The van der Waals surface area contributed by atoms with Gasteiger partial charge in [-0.25, -0.2) is 14.5 Å². The maximum atomic E-state index is 12.0. The third-order valence-corrected chi connectivity index (χ3v) is 4.62. The zero-order valence-corrected chi connectivity index (χ0v) is 22.6. The molecule has 1 aromatic carbocycles. The van der Waals surface area contributed by atoms with Crippen molar-refractivity contribution in [2.24, 2.45) is 4.99 Å². The van der Waals surface area contributed by atoms with Crippen LogP contribution in [-0.2, 0) is 17.8 Å². The Hall–Kier alpha value is -2.37. The average molecular weight is 572 g/mol. The van der Waals surface area contributed by atoms with Crippen LogP contribution in [0.2, 0.25) is 0 Å². The molecule has 33 heavy (non-hydrogen) atoms. The largest absolute Gasteiger partial charge is 0.444 e. The number of aliphatic imine (C=N–C) groups is 1. The van der Waals surface area contributed by atoms with E-state index < -0.39 is 11.7 Å². The monoisotopic (exact) mass is 571 g/mol. The Bertz CT molecular complexity index is 851. The molecule has 0 spiro atoms. The number of aromatic nitrogens is 3. The Kier molecular flexibility index (Phi) is 12.8. The minimum atomic E-state index is -0.517. The van der Waals surface area contributed by atoms with E-state index >= 15 is 0 Å². The second-order valence-electron chi connectivity index (χ2n) is 8.71. The average Bonchev–Trinajstić information content (AvgIpc) is 3.24. The smallest absolute Gasteiger partial charge is 0.407 e. The lowest BCUT2D eigenvalue weighted by molar-refractivity contribution is 0.0523. The predicted molar refractivity (Wildman–Crippen MR) is 142 cm³/mol. The molecule has 0 saturated carbocycles. The number of carbonyl (C=O) groups excluding carboxylic acids is 1. The van der Waals surface area contributed by atoms with Gasteiger partial charge in [-0.15, -0.1) is 24.0 Å². The highest BCUT2D eigenvalue weighted by molar-refractivity contribution is 14.0. The zero-order chi connectivity index (χ0) is 23.4. The van der Waals surface area contributed by atoms with Gasteiger partial charge >= 0.3 is 6.09 Å². The molecule has 1 heterocycles. The SMILES string of the molecule is CCCCC(CNC(=O)OC(C)(C)C)NC(=NC)NCc1cccc(Cn2cncn2)c1.I. The second-order valence-corrected chi connectivity index (χ2v) is 8.71. The fourth-order valence-corrected chi connectivity index (χ4v) is 3.11. The first-order valence-electron chi connectivity index (χ1n) is 11.1. The van der Waals surface area contributed by atoms with E-state index in [1.165, 1.54) is 6.33 Å². The summed E-state index contributed by atoms with van der Waals surface area (Å²) < 4.78 is 7.14. The molecule has 0 aliphatic rings. The minimum Gasteiger partial charge on any atom is -0.444 e. The van der Waals surface area contributed by atoms with Crippen LogP contribution in [0.15, 0.2) is 41.9 Å². The van der Waals surface area contributed by atoms with E-state index in [1.54, 1.807) is 18.1 Å². The van der Waals surface area contributed by atoms with Crippen molar-refractivity contribution in [3.8, 4) is 0 Å². The van der Waals surface area contributed by atoms with Crippen LogP contribution in [0.25, 0.3) is 0 Å². The highest BCUT2D eigenvalue weighted by atomic mass is 127. The molecule has 2 rings (SSSR count). The van der Waals surface area contributed by atoms with Crippen LogP contribution in [0.3, 0.4) is 0 Å². The summed E-state index contributed by atoms with van der Waals surface area (Å²) in [6.45, 7) is 9.48. The molecule has 3 N–H and O–H groups in total. The lowest BCUT2D eigenvalue weighted by Gasteiger charge is -2.24. The van der Waals surface area contributed by atoms with Crippen molar-refractivity contribution in [2.45, 2.75) is 71.7 Å². The number of guanidine groups is 1. The van der Waals surface area contributed by atoms with E-state index in [2.05, 4.69) is 56.1 Å². The number of alkyl carbamates (subject to hydrolysis) is 1. The molecule has 184 valence electrons. The lowest BCUT2D eigenvalue weighted by atomic mass is 10.1. The van der Waals surface area contributed by atoms with E-state index in [1.807, 2.05) is 26.8 Å². The number of carbonyl (C=O) groups is 1. The Morgan fingerprint density at radius 2 is 2.00 bits per heavy atom. The van der Waals surface area contributed by atoms with Gasteiger partial charge in [0.1, 0.15) is 18.3 Å². The van der Waals surface area contributed by atoms with Crippen molar-refractivity contribution in [1.29, 1.82) is 0 Å². The molecular weight excluding hydrogens is 533 g/mol. The predicted octanol–water partition coefficient (Wildman–Crippen LogP) is 3.69. The van der Waals surface area contributed by atoms with E-state index in [0.717, 1.165) is 30.4 Å². The van der Waals surface area contributed by atoms with Gasteiger partial charge in [0, 0.05) is 26.2 Å². The van der Waals surface area contributed by atoms with Gasteiger partial charge in [-0.05, 0) is 38.3 Å². The molecule has 2 aromatic rings. The normalized spacial score (nSPS) is 12.5. The van der Waals surface area contributed by atoms with Crippen molar-refractivity contribution in [3.63, 3.8) is 0 Å². The molecule has 0 saturated heterocycles. The first-order valence-corrected chi connectivity index (χ1v) is 11.1. The van der Waals surface area contributed by atoms with Gasteiger partial charge in [0.05, 0.1) is 6.54 Å². The summed E-state index contributed by atoms with van der Waals surface area (Å²) in [6, 6.07) is 8.37. The highest BCUT2D eigenvalue weighted by Crippen LogP contribution is 2.08. The van der Waals surface area contributed by atoms with Gasteiger partial charge in [0.15, 0.2) is 5.96 Å². The summed E-state index contributed by atoms with van der Waals surface area (Å²) >= 11 is 0. The number of benzene rings is 1. The molecule has 0 aliphatic carbocycles. The van der Waals surface area contributed by atoms with E-state index in [-0.39, 0.29) is 30.0 Å². The Labute approximate surface area is 214 Å². The van der Waals surface area contributed by atoms with Crippen LogP contribution < -0.4 is 16.0 Å². The Morgan fingerprint density at radius 3 is 2.64 bits per heavy atom. The number of hydrogen-bond acceptors (Lipinski definition) is 5. The highest BCUT2D eigenvalue weighted by Gasteiger charge is 2.18. The van der Waals surface area contributed by atoms with Crippen LogP contribution in [0.5, 0.6) is 0 Å². The molecule has 0 aliphatic heterocycles. The summed E-state index contributed by atoms with van der Waals surface area (Å²) in [5, 5.41) is 13.8. The lowest BCUT2D eigenvalue weighted by Crippen LogP contribution is -2.48. The van der Waals surface area contributed by atoms with Crippen LogP contribution in [-0.4, -0.2) is 52.1 Å². The van der Waals surface area contributed by atoms with E-state index in [4.69, 9.17) is 4.74 Å². The van der Waals surface area contributed by atoms with Crippen LogP contribution >= 0.6 is 24.0 Å². The number of unbranched alkanes of at least 4 members (excludes halogenated alkanes) is 1. The number of hydrogen-bond donors (Lipinski definition) is 3. The molecule has 1 aromatic heterocycles. The quantitative estimate of drug-likeness (QED) is 0.228. The van der Waals surface area contributed by atoms with E-state index in [0.29, 0.717) is 25.6 Å². The molecule has 9 nitrogen and oxygen atoms in total. The number of amides is 1. The third kappa shape index (κ3) is 11.9. The summed E-state index contributed by atoms with van der Waals surface area (Å²) in [6.07, 6.45) is 5.88. The topological polar surface area (TPSA) is 105 Å². The van der Waals surface area contributed by atoms with Gasteiger partial charge in [-0.2, -0.15) is 5.10 Å². The molecular formula is C23H38IN7O2. The van der Waals surface area contributed by atoms with Crippen LogP contribution in [0.4, 0.5) is 4.79 Å². The standard InChI is InChI=1S/C23H37N7O2.HI/c1-6-7-11-20(14-27-22(31)32-23(2,3)4)29-21(24-5)26-13-18-9-8-10-19(12-18)15-30-17-25-16-28-30;/h8-10,12,16-17,20H,6-7,11,13-15H2,1-5H3,(H,27,31)(H2,24,26,29);1H. The molecule has 0 bridgehead atoms. The third-order valence-electron chi connectivity index (χ3n) is 4.62. The van der Waals surface area contributed by atoms with Gasteiger partial charge in [0.2, 0.25) is 0 Å². The van der Waals surface area contributed by atoms with Crippen LogP contribution in [0.1, 0.15) is 58.1 Å². The van der Waals surface area contributed by atoms with Crippen molar-refractivity contribution >= 4 is 36.0 Å². The maximum absolute atomic E-state index is 12.0. The molecule has 0 radical (unpaired) electrons. The first kappa shape index (κ1) is 28.7. The molecule has 10 heteroatoms. The van der Waals surface area contributed by atoms with Gasteiger partial charge in [0.25, 0.3) is 0 Å². The first-order chi connectivity index (χ1) is 15.3. The fourth-order valence-electron chi connectivity index (χ4n) is 3.11. The van der Waals surface area contributed by atoms with Gasteiger partial charge in [-0.3, -0.25) is 4.99 Å². The number of halogens is 1. The summed E-state index contributed by atoms with van der Waals surface area (Å²) in [7, 11) is 1.74. The Morgan fingerprint density at radius 1 is 1.24 bits per heavy atom. The second kappa shape index (κ2) is 14.7. The number of nitrogens with zero attached hydrogens (tertiary/aromatic N) is 4. The van der Waals surface area contributed by atoms with Crippen molar-refractivity contribution in [1.82, 2.24) is 30.7 Å². The number of nitrogens with one attached hydrogen (secondary N) is 3. The van der Waals surface area contributed by atoms with E-state index in [9.17, 15) is 4.79 Å². The minimum absolute atomic E-state index is 0. The summed E-state index contributed by atoms with van der Waals surface area (Å²) in [5.74, 6) is 0.693. The zero-order valence-electron chi connectivity index (χ0n) is 20.3. The Balaban J connectivity index is 0.00000544. The van der Waals surface area contributed by atoms with Gasteiger partial charge < -0.3 is 20.7 Å². The fraction of sp³-hybridized carbons (Fsp3) is 0.565. The molecule has 1 atom stereocenters. The van der Waals surface area contributed by atoms with Crippen LogP contribution in [0, 0.1) is 0 Å². The number of ether oxygens (including phenoxy) is 1. The molecule has 1 unspecified atom stereocenters. The maximum Gasteiger partial charge on any atom is 0.407 e. The summed E-state index contributed by atoms with van der Waals surface area (Å²) in [4.78, 5) is 20.4. The van der Waals surface area contributed by atoms with Gasteiger partial charge in [-0.1, -0.05) is 44.0 Å².